The van der Waals surface area contributed by atoms with Crippen molar-refractivity contribution in [1.29, 1.82) is 0 Å². The lowest BCUT2D eigenvalue weighted by atomic mass is 9.99. The molecule has 2 unspecified atom stereocenters. The maximum Gasteiger partial charge on any atom is 0.306 e. The van der Waals surface area contributed by atoms with Crippen molar-refractivity contribution < 1.29 is 49.0 Å². The molecule has 1 saturated heterocycles. The van der Waals surface area contributed by atoms with Crippen molar-refractivity contribution in [3.8, 4) is 0 Å². The van der Waals surface area contributed by atoms with Crippen molar-refractivity contribution in [2.45, 2.75) is 237 Å². The molecule has 4 N–H and O–H groups in total. The molecule has 10 nitrogen and oxygen atoms in total. The van der Waals surface area contributed by atoms with Gasteiger partial charge in [-0.1, -0.05) is 161 Å². The molecule has 0 aromatic rings. The zero-order valence-electron chi connectivity index (χ0n) is 34.5. The van der Waals surface area contributed by atoms with Gasteiger partial charge in [-0.25, -0.2) is 0 Å². The Balaban J connectivity index is 2.31. The zero-order valence-corrected chi connectivity index (χ0v) is 34.5. The first-order chi connectivity index (χ1) is 26.3. The maximum atomic E-state index is 12.7. The Kier molecular flexibility index (Phi) is 33.5. The lowest BCUT2D eigenvalue weighted by Gasteiger charge is -2.39. The summed E-state index contributed by atoms with van der Waals surface area (Å²) >= 11 is 0. The molecule has 0 aliphatic carbocycles. The number of carbonyl (C=O) groups is 2. The highest BCUT2D eigenvalue weighted by Gasteiger charge is 2.44. The summed E-state index contributed by atoms with van der Waals surface area (Å²) in [4.78, 5) is 25.3. The third kappa shape index (κ3) is 27.1. The third-order valence-electron chi connectivity index (χ3n) is 10.4. The number of hydrogen-bond donors (Lipinski definition) is 4. The number of esters is 2. The Morgan fingerprint density at radius 2 is 0.981 bits per heavy atom. The molecule has 10 heteroatoms. The summed E-state index contributed by atoms with van der Waals surface area (Å²) in [6, 6.07) is 0. The van der Waals surface area contributed by atoms with E-state index in [1.165, 1.54) is 116 Å². The number of ether oxygens (including phenoxy) is 4. The van der Waals surface area contributed by atoms with Crippen molar-refractivity contribution in [3.05, 3.63) is 12.2 Å². The monoisotopic (exact) mass is 771 g/mol. The molecule has 0 spiro atoms. The van der Waals surface area contributed by atoms with E-state index in [4.69, 9.17) is 18.9 Å². The first-order valence-corrected chi connectivity index (χ1v) is 22.3. The number of carbonyl (C=O) groups excluding carboxylic acids is 2. The Hall–Kier alpha value is -1.56. The van der Waals surface area contributed by atoms with Crippen molar-refractivity contribution in [2.75, 3.05) is 19.8 Å². The molecule has 318 valence electrons. The summed E-state index contributed by atoms with van der Waals surface area (Å²) in [5.41, 5.74) is 0. The van der Waals surface area contributed by atoms with Crippen molar-refractivity contribution >= 4 is 11.9 Å². The van der Waals surface area contributed by atoms with Gasteiger partial charge in [0.25, 0.3) is 0 Å². The fourth-order valence-electron chi connectivity index (χ4n) is 6.83. The van der Waals surface area contributed by atoms with Crippen molar-refractivity contribution in [3.63, 3.8) is 0 Å². The van der Waals surface area contributed by atoms with Crippen LogP contribution in [0.5, 0.6) is 0 Å². The summed E-state index contributed by atoms with van der Waals surface area (Å²) in [6.07, 6.45) is 29.3. The minimum absolute atomic E-state index is 0.214. The van der Waals surface area contributed by atoms with E-state index in [9.17, 15) is 30.0 Å². The number of aliphatic hydroxyl groups excluding tert-OH is 4. The molecule has 54 heavy (non-hydrogen) atoms. The van der Waals surface area contributed by atoms with E-state index in [2.05, 4.69) is 26.0 Å². The fourth-order valence-corrected chi connectivity index (χ4v) is 6.83. The van der Waals surface area contributed by atoms with Gasteiger partial charge < -0.3 is 39.4 Å². The van der Waals surface area contributed by atoms with Crippen LogP contribution in [0.25, 0.3) is 0 Å². The summed E-state index contributed by atoms with van der Waals surface area (Å²) in [7, 11) is 0. The molecule has 0 bridgehead atoms. The number of allylic oxidation sites excluding steroid dienone is 2. The first kappa shape index (κ1) is 50.5. The third-order valence-corrected chi connectivity index (χ3v) is 10.4. The van der Waals surface area contributed by atoms with E-state index >= 15 is 0 Å². The quantitative estimate of drug-likeness (QED) is 0.0273. The SMILES string of the molecule is CCCCCCCC/C=C/CCCCCCCCCC(=O)OC[C@@H](CO[C@H]1O[C@@H](CO)[C@@H](O)C(O)C1O)OC(=O)CCCCCCCCCCCCCC. The zero-order chi connectivity index (χ0) is 39.5. The number of rotatable bonds is 37. The molecule has 0 amide bonds. The van der Waals surface area contributed by atoms with Gasteiger partial charge in [0.15, 0.2) is 12.4 Å². The van der Waals surface area contributed by atoms with Gasteiger partial charge >= 0.3 is 11.9 Å². The van der Waals surface area contributed by atoms with Crippen molar-refractivity contribution in [1.82, 2.24) is 0 Å². The first-order valence-electron chi connectivity index (χ1n) is 22.3. The van der Waals surface area contributed by atoms with Crippen LogP contribution in [0.15, 0.2) is 12.2 Å². The minimum Gasteiger partial charge on any atom is -0.462 e. The summed E-state index contributed by atoms with van der Waals surface area (Å²) in [5.74, 6) is -0.803. The summed E-state index contributed by atoms with van der Waals surface area (Å²) in [6.45, 7) is 3.42. The van der Waals surface area contributed by atoms with Gasteiger partial charge in [-0.3, -0.25) is 9.59 Å². The number of hydrogen-bond acceptors (Lipinski definition) is 10. The predicted octanol–water partition coefficient (Wildman–Crippen LogP) is 9.17. The fraction of sp³-hybridized carbons (Fsp3) is 0.909. The van der Waals surface area contributed by atoms with Crippen LogP contribution in [-0.2, 0) is 28.5 Å². The van der Waals surface area contributed by atoms with Gasteiger partial charge in [-0.05, 0) is 38.5 Å². The Morgan fingerprint density at radius 1 is 0.556 bits per heavy atom. The molecule has 0 saturated carbocycles. The van der Waals surface area contributed by atoms with Crippen LogP contribution in [-0.4, -0.2) is 89.0 Å². The summed E-state index contributed by atoms with van der Waals surface area (Å²) < 4.78 is 22.1. The van der Waals surface area contributed by atoms with E-state index < -0.39 is 49.4 Å². The van der Waals surface area contributed by atoms with Crippen LogP contribution in [0, 0.1) is 0 Å². The van der Waals surface area contributed by atoms with Gasteiger partial charge in [0, 0.05) is 12.8 Å². The molecule has 0 radical (unpaired) electrons. The molecule has 1 fully saturated rings. The number of aliphatic hydroxyl groups is 4. The average Bonchev–Trinajstić information content (AvgIpc) is 3.17. The second kappa shape index (κ2) is 35.8. The van der Waals surface area contributed by atoms with Gasteiger partial charge in [0.2, 0.25) is 0 Å². The highest BCUT2D eigenvalue weighted by atomic mass is 16.7. The molecule has 0 aromatic heterocycles. The van der Waals surface area contributed by atoms with E-state index in [1.54, 1.807) is 0 Å². The maximum absolute atomic E-state index is 12.7. The second-order valence-electron chi connectivity index (χ2n) is 15.5. The van der Waals surface area contributed by atoms with Gasteiger partial charge in [-0.15, -0.1) is 0 Å². The van der Waals surface area contributed by atoms with E-state index in [0.29, 0.717) is 6.42 Å². The van der Waals surface area contributed by atoms with Crippen LogP contribution in [0.1, 0.15) is 200 Å². The number of unbranched alkanes of at least 4 members (excludes halogenated alkanes) is 24. The molecular weight excluding hydrogens is 688 g/mol. The Bertz CT molecular complexity index is 897. The average molecular weight is 771 g/mol. The van der Waals surface area contributed by atoms with Gasteiger partial charge in [-0.2, -0.15) is 0 Å². The van der Waals surface area contributed by atoms with Crippen LogP contribution in [0.3, 0.4) is 0 Å². The van der Waals surface area contributed by atoms with Crippen LogP contribution >= 0.6 is 0 Å². The predicted molar refractivity (Wildman–Crippen MR) is 215 cm³/mol. The lowest BCUT2D eigenvalue weighted by molar-refractivity contribution is -0.305. The molecule has 6 atom stereocenters. The summed E-state index contributed by atoms with van der Waals surface area (Å²) in [5, 5.41) is 40.0. The minimum atomic E-state index is -1.59. The molecular formula is C44H82O10. The largest absolute Gasteiger partial charge is 0.462 e. The highest BCUT2D eigenvalue weighted by molar-refractivity contribution is 5.70. The molecule has 1 aliphatic heterocycles. The normalized spacial score (nSPS) is 20.7. The van der Waals surface area contributed by atoms with E-state index in [0.717, 1.165) is 51.4 Å². The molecule has 1 heterocycles. The van der Waals surface area contributed by atoms with Crippen LogP contribution in [0.4, 0.5) is 0 Å². The lowest BCUT2D eigenvalue weighted by Crippen LogP contribution is -2.59. The standard InChI is InChI=1S/C44H82O10/c1-3-5-7-9-11-13-15-17-18-19-20-21-23-24-26-28-30-32-39(46)51-35-37(36-52-44-43(50)42(49)41(48)38(34-45)54-44)53-40(47)33-31-29-27-25-22-16-14-12-10-8-6-4-2/h17-18,37-38,41-45,48-50H,3-16,19-36H2,1-2H3/b18-17+/t37-,38-,41+,42?,43?,44-/m0/s1. The van der Waals surface area contributed by atoms with Crippen LogP contribution in [0.2, 0.25) is 0 Å². The second-order valence-corrected chi connectivity index (χ2v) is 15.5. The Labute approximate surface area is 329 Å². The van der Waals surface area contributed by atoms with E-state index in [1.807, 2.05) is 0 Å². The topological polar surface area (TPSA) is 152 Å². The van der Waals surface area contributed by atoms with Gasteiger partial charge in [0.1, 0.15) is 31.0 Å². The van der Waals surface area contributed by atoms with E-state index in [-0.39, 0.29) is 32.0 Å². The van der Waals surface area contributed by atoms with Crippen LogP contribution < -0.4 is 0 Å². The van der Waals surface area contributed by atoms with Gasteiger partial charge in [0.05, 0.1) is 13.2 Å². The Morgan fingerprint density at radius 3 is 1.44 bits per heavy atom. The smallest absolute Gasteiger partial charge is 0.306 e. The molecule has 1 aliphatic rings. The van der Waals surface area contributed by atoms with Crippen molar-refractivity contribution in [2.24, 2.45) is 0 Å². The highest BCUT2D eigenvalue weighted by Crippen LogP contribution is 2.23. The molecule has 1 rings (SSSR count). The molecule has 0 aromatic carbocycles.